The van der Waals surface area contributed by atoms with Gasteiger partial charge in [-0.2, -0.15) is 0 Å². The van der Waals surface area contributed by atoms with Crippen molar-refractivity contribution >= 4 is 22.7 Å². The maximum Gasteiger partial charge on any atom is 0.246 e. The fourth-order valence-corrected chi connectivity index (χ4v) is 5.70. The third-order valence-electron chi connectivity index (χ3n) is 7.55. The third kappa shape index (κ3) is 4.18. The van der Waals surface area contributed by atoms with Crippen molar-refractivity contribution in [2.45, 2.75) is 38.8 Å². The van der Waals surface area contributed by atoms with Crippen LogP contribution in [0, 0.1) is 0 Å². The van der Waals surface area contributed by atoms with Gasteiger partial charge in [-0.15, -0.1) is 0 Å². The summed E-state index contributed by atoms with van der Waals surface area (Å²) in [4.78, 5) is 36.9. The number of carbonyl (C=O) groups is 2. The molecule has 0 spiro atoms. The number of benzene rings is 2. The molecule has 2 aromatic carbocycles. The van der Waals surface area contributed by atoms with Crippen molar-refractivity contribution in [1.29, 1.82) is 0 Å². The maximum absolute atomic E-state index is 13.8. The summed E-state index contributed by atoms with van der Waals surface area (Å²) in [6.45, 7) is 7.95. The predicted molar refractivity (Wildman–Crippen MR) is 136 cm³/mol. The zero-order valence-electron chi connectivity index (χ0n) is 20.8. The van der Waals surface area contributed by atoms with E-state index in [9.17, 15) is 9.59 Å². The van der Waals surface area contributed by atoms with E-state index in [0.717, 1.165) is 59.5 Å². The maximum atomic E-state index is 13.8. The second-order valence-electron chi connectivity index (χ2n) is 9.40. The number of aromatic nitrogens is 1. The lowest BCUT2D eigenvalue weighted by Crippen LogP contribution is -2.63. The van der Waals surface area contributed by atoms with Crippen LogP contribution >= 0.6 is 0 Å². The molecule has 0 saturated carbocycles. The summed E-state index contributed by atoms with van der Waals surface area (Å²) >= 11 is 0. The van der Waals surface area contributed by atoms with Crippen LogP contribution in [0.2, 0.25) is 0 Å². The minimum Gasteiger partial charge on any atom is -0.497 e. The van der Waals surface area contributed by atoms with Crippen LogP contribution in [0.5, 0.6) is 5.75 Å². The van der Waals surface area contributed by atoms with Gasteiger partial charge in [0.1, 0.15) is 11.8 Å². The van der Waals surface area contributed by atoms with E-state index in [2.05, 4.69) is 35.9 Å². The van der Waals surface area contributed by atoms with Gasteiger partial charge >= 0.3 is 0 Å². The molecule has 7 heteroatoms. The van der Waals surface area contributed by atoms with Gasteiger partial charge in [-0.1, -0.05) is 44.2 Å². The van der Waals surface area contributed by atoms with Gasteiger partial charge in [-0.05, 0) is 55.4 Å². The van der Waals surface area contributed by atoms with E-state index in [0.29, 0.717) is 13.0 Å². The number of hydrogen-bond acceptors (Lipinski definition) is 4. The Kier molecular flexibility index (Phi) is 6.52. The molecule has 2 atom stereocenters. The lowest BCUT2D eigenvalue weighted by atomic mass is 9.86. The first-order valence-corrected chi connectivity index (χ1v) is 12.6. The Balaban J connectivity index is 1.52. The number of carbonyl (C=O) groups excluding carboxylic acids is 2. The highest BCUT2D eigenvalue weighted by molar-refractivity contribution is 5.97. The van der Waals surface area contributed by atoms with Gasteiger partial charge in [0.15, 0.2) is 0 Å². The first-order chi connectivity index (χ1) is 17.0. The molecular weight excluding hydrogens is 440 g/mol. The molecule has 184 valence electrons. The Morgan fingerprint density at radius 2 is 1.89 bits per heavy atom. The third-order valence-corrected chi connectivity index (χ3v) is 7.55. The van der Waals surface area contributed by atoms with E-state index in [-0.39, 0.29) is 24.4 Å². The van der Waals surface area contributed by atoms with Gasteiger partial charge in [0, 0.05) is 29.6 Å². The highest BCUT2D eigenvalue weighted by atomic mass is 16.5. The second-order valence-corrected chi connectivity index (χ2v) is 9.40. The van der Waals surface area contributed by atoms with E-state index in [1.165, 1.54) is 0 Å². The largest absolute Gasteiger partial charge is 0.497 e. The van der Waals surface area contributed by atoms with Gasteiger partial charge < -0.3 is 24.4 Å². The van der Waals surface area contributed by atoms with E-state index >= 15 is 0 Å². The number of methoxy groups -OCH3 is 1. The van der Waals surface area contributed by atoms with Gasteiger partial charge in [0.2, 0.25) is 11.8 Å². The summed E-state index contributed by atoms with van der Waals surface area (Å²) in [6, 6.07) is 15.1. The molecule has 3 heterocycles. The minimum atomic E-state index is -0.507. The summed E-state index contributed by atoms with van der Waals surface area (Å²) in [5.74, 6) is 0.777. The molecule has 1 aromatic heterocycles. The van der Waals surface area contributed by atoms with Crippen LogP contribution in [-0.2, 0) is 16.0 Å². The van der Waals surface area contributed by atoms with Gasteiger partial charge in [-0.25, -0.2) is 0 Å². The Morgan fingerprint density at radius 1 is 1.09 bits per heavy atom. The number of amides is 2. The number of H-pyrrole nitrogens is 1. The normalized spacial score (nSPS) is 19.9. The Hall–Kier alpha value is -3.32. The van der Waals surface area contributed by atoms with Crippen molar-refractivity contribution in [2.24, 2.45) is 0 Å². The van der Waals surface area contributed by atoms with Crippen molar-refractivity contribution in [1.82, 2.24) is 19.7 Å². The van der Waals surface area contributed by atoms with Crippen LogP contribution in [0.1, 0.15) is 43.1 Å². The van der Waals surface area contributed by atoms with Crippen LogP contribution in [0.4, 0.5) is 0 Å². The molecule has 0 bridgehead atoms. The highest BCUT2D eigenvalue weighted by Gasteiger charge is 2.48. The second kappa shape index (κ2) is 9.74. The number of piperazine rings is 1. The number of nitrogens with zero attached hydrogens (tertiary/aromatic N) is 3. The van der Waals surface area contributed by atoms with Crippen LogP contribution in [-0.4, -0.2) is 77.4 Å². The predicted octanol–water partition coefficient (Wildman–Crippen LogP) is 3.59. The first kappa shape index (κ1) is 23.4. The molecule has 1 N–H and O–H groups in total. The smallest absolute Gasteiger partial charge is 0.246 e. The molecule has 1 saturated heterocycles. The quantitative estimate of drug-likeness (QED) is 0.542. The zero-order chi connectivity index (χ0) is 24.5. The van der Waals surface area contributed by atoms with Crippen LogP contribution in [0.15, 0.2) is 48.5 Å². The molecule has 2 aliphatic rings. The fraction of sp³-hybridized carbons (Fsp3) is 0.429. The zero-order valence-corrected chi connectivity index (χ0v) is 20.8. The van der Waals surface area contributed by atoms with Gasteiger partial charge in [0.05, 0.1) is 19.7 Å². The van der Waals surface area contributed by atoms with E-state index in [1.807, 2.05) is 41.3 Å². The molecule has 7 nitrogen and oxygen atoms in total. The van der Waals surface area contributed by atoms with E-state index < -0.39 is 6.04 Å². The monoisotopic (exact) mass is 474 g/mol. The fourth-order valence-electron chi connectivity index (χ4n) is 5.70. The molecule has 2 aliphatic heterocycles. The summed E-state index contributed by atoms with van der Waals surface area (Å²) in [5, 5.41) is 1.12. The Morgan fingerprint density at radius 3 is 2.66 bits per heavy atom. The molecular formula is C28H34N4O3. The standard InChI is InChI=1S/C28H34N4O3/c1-4-30(5-2)14-9-15-31-18-25(33)32-24(28(31)34)17-22-21-12-6-7-13-23(21)29-26(22)27(32)19-10-8-11-20(16-19)35-3/h6-8,10-13,16,24,27,29H,4-5,9,14-15,17-18H2,1-3H3/t24-,27?/m0/s1. The summed E-state index contributed by atoms with van der Waals surface area (Å²) in [6.07, 6.45) is 1.39. The molecule has 0 aliphatic carbocycles. The van der Waals surface area contributed by atoms with Crippen molar-refractivity contribution in [3.05, 3.63) is 65.4 Å². The summed E-state index contributed by atoms with van der Waals surface area (Å²) in [7, 11) is 1.64. The number of rotatable bonds is 8. The van der Waals surface area contributed by atoms with Crippen molar-refractivity contribution in [2.75, 3.05) is 39.8 Å². The van der Waals surface area contributed by atoms with E-state index in [1.54, 1.807) is 12.0 Å². The average Bonchev–Trinajstić information content (AvgIpc) is 3.26. The average molecular weight is 475 g/mol. The van der Waals surface area contributed by atoms with Crippen LogP contribution in [0.3, 0.4) is 0 Å². The van der Waals surface area contributed by atoms with Gasteiger partial charge in [-0.3, -0.25) is 9.59 Å². The number of aromatic amines is 1. The number of fused-ring (bicyclic) bond motifs is 4. The molecule has 1 fully saturated rings. The van der Waals surface area contributed by atoms with Crippen molar-refractivity contribution in [3.63, 3.8) is 0 Å². The molecule has 35 heavy (non-hydrogen) atoms. The molecule has 0 radical (unpaired) electrons. The lowest BCUT2D eigenvalue weighted by Gasteiger charge is -2.47. The minimum absolute atomic E-state index is 0.00503. The number of ether oxygens (including phenoxy) is 1. The molecule has 3 aromatic rings. The van der Waals surface area contributed by atoms with Crippen LogP contribution < -0.4 is 4.74 Å². The van der Waals surface area contributed by atoms with Crippen LogP contribution in [0.25, 0.3) is 10.9 Å². The van der Waals surface area contributed by atoms with Gasteiger partial charge in [0.25, 0.3) is 0 Å². The van der Waals surface area contributed by atoms with Crippen molar-refractivity contribution in [3.8, 4) is 5.75 Å². The molecule has 5 rings (SSSR count). The highest BCUT2D eigenvalue weighted by Crippen LogP contribution is 2.43. The number of hydrogen-bond donors (Lipinski definition) is 1. The Labute approximate surface area is 206 Å². The summed E-state index contributed by atoms with van der Waals surface area (Å²) < 4.78 is 5.48. The Bertz CT molecular complexity index is 1230. The van der Waals surface area contributed by atoms with E-state index in [4.69, 9.17) is 4.74 Å². The SMILES string of the molecule is CCN(CC)CCCN1CC(=O)N2C(c3cccc(OC)c3)c3[nH]c4ccccc4c3C[C@H]2C1=O. The number of nitrogens with one attached hydrogen (secondary N) is 1. The number of para-hydroxylation sites is 1. The van der Waals surface area contributed by atoms with Crippen molar-refractivity contribution < 1.29 is 14.3 Å². The molecule has 2 amide bonds. The first-order valence-electron chi connectivity index (χ1n) is 12.6. The molecule has 1 unspecified atom stereocenters. The lowest BCUT2D eigenvalue weighted by molar-refractivity contribution is -0.158. The topological polar surface area (TPSA) is 68.9 Å². The summed E-state index contributed by atoms with van der Waals surface area (Å²) in [5.41, 5.74) is 4.09.